The monoisotopic (exact) mass is 575 g/mol. The van der Waals surface area contributed by atoms with Crippen LogP contribution in [0.2, 0.25) is 10.0 Å². The maximum Gasteiger partial charge on any atom is 0.354 e. The smallest absolute Gasteiger partial charge is 0.354 e. The fraction of sp³-hybridized carbons (Fsp3) is 0.194. The van der Waals surface area contributed by atoms with Crippen LogP contribution in [0.25, 0.3) is 17.0 Å². The first kappa shape index (κ1) is 27.5. The quantitative estimate of drug-likeness (QED) is 0.190. The normalized spacial score (nSPS) is 16.9. The van der Waals surface area contributed by atoms with Gasteiger partial charge >= 0.3 is 5.97 Å². The van der Waals surface area contributed by atoms with E-state index in [9.17, 15) is 14.4 Å². The highest BCUT2D eigenvalue weighted by atomic mass is 35.5. The minimum Gasteiger partial charge on any atom is -0.461 e. The molecule has 2 N–H and O–H groups in total. The summed E-state index contributed by atoms with van der Waals surface area (Å²) in [6.45, 7) is 2.44. The van der Waals surface area contributed by atoms with Crippen LogP contribution in [0.1, 0.15) is 40.9 Å². The standard InChI is InChI=1S/C31H27Cl2N3O4/c1-2-40-31(39)27-18-21-17-23(10-12-26(21)35-27)34-30(38)29-24(19-6-4-3-5-7-19)14-15-36(29)28(37)13-8-20-16-22(32)9-11-25(20)33/h3-13,16-18,24,29,35H,2,14-15H2,1H3,(H,34,38)/b13-8+/t24-,29+/m1/s1. The third-order valence-corrected chi connectivity index (χ3v) is 7.50. The zero-order valence-corrected chi connectivity index (χ0v) is 23.2. The molecule has 0 bridgehead atoms. The largest absolute Gasteiger partial charge is 0.461 e. The summed E-state index contributed by atoms with van der Waals surface area (Å²) in [5.41, 5.74) is 3.23. The Balaban J connectivity index is 1.40. The number of nitrogens with zero attached hydrogens (tertiary/aromatic N) is 1. The average molecular weight is 576 g/mol. The van der Waals surface area contributed by atoms with Crippen LogP contribution in [0.15, 0.2) is 78.9 Å². The van der Waals surface area contributed by atoms with Gasteiger partial charge in [-0.15, -0.1) is 0 Å². The molecule has 1 aromatic heterocycles. The molecule has 1 aliphatic heterocycles. The van der Waals surface area contributed by atoms with Crippen LogP contribution in [0.4, 0.5) is 5.69 Å². The molecule has 0 radical (unpaired) electrons. The topological polar surface area (TPSA) is 91.5 Å². The Morgan fingerprint density at radius 2 is 1.85 bits per heavy atom. The van der Waals surface area contributed by atoms with E-state index < -0.39 is 12.0 Å². The number of likely N-dealkylation sites (tertiary alicyclic amines) is 1. The summed E-state index contributed by atoms with van der Waals surface area (Å²) in [5.74, 6) is -1.22. The fourth-order valence-electron chi connectivity index (χ4n) is 5.06. The van der Waals surface area contributed by atoms with Crippen LogP contribution in [0.3, 0.4) is 0 Å². The van der Waals surface area contributed by atoms with Gasteiger partial charge in [0.25, 0.3) is 0 Å². The molecule has 5 rings (SSSR count). The van der Waals surface area contributed by atoms with Gasteiger partial charge in [0, 0.05) is 45.2 Å². The highest BCUT2D eigenvalue weighted by Crippen LogP contribution is 2.35. The van der Waals surface area contributed by atoms with Gasteiger partial charge in [-0.2, -0.15) is 0 Å². The minimum absolute atomic E-state index is 0.181. The number of carbonyl (C=O) groups excluding carboxylic acids is 3. The SMILES string of the molecule is CCOC(=O)c1cc2cc(NC(=O)[C@@H]3[C@@H](c4ccccc4)CCN3C(=O)/C=C/c3cc(Cl)ccc3Cl)ccc2[nH]1. The van der Waals surface area contributed by atoms with Crippen LogP contribution in [-0.4, -0.2) is 46.9 Å². The van der Waals surface area contributed by atoms with E-state index in [0.717, 1.165) is 16.5 Å². The molecule has 0 aliphatic carbocycles. The van der Waals surface area contributed by atoms with E-state index in [-0.39, 0.29) is 24.3 Å². The van der Waals surface area contributed by atoms with Gasteiger partial charge in [-0.25, -0.2) is 4.79 Å². The number of benzene rings is 3. The first-order valence-corrected chi connectivity index (χ1v) is 13.7. The van der Waals surface area contributed by atoms with Gasteiger partial charge < -0.3 is 19.9 Å². The number of ether oxygens (including phenoxy) is 1. The average Bonchev–Trinajstić information content (AvgIpc) is 3.59. The van der Waals surface area contributed by atoms with E-state index in [2.05, 4.69) is 10.3 Å². The highest BCUT2D eigenvalue weighted by molar-refractivity contribution is 6.34. The van der Waals surface area contributed by atoms with Gasteiger partial charge in [-0.3, -0.25) is 9.59 Å². The zero-order valence-electron chi connectivity index (χ0n) is 21.7. The first-order chi connectivity index (χ1) is 19.3. The highest BCUT2D eigenvalue weighted by Gasteiger charge is 2.42. The number of fused-ring (bicyclic) bond motifs is 1. The maximum absolute atomic E-state index is 13.8. The van der Waals surface area contributed by atoms with E-state index >= 15 is 0 Å². The second-order valence-corrected chi connectivity index (χ2v) is 10.3. The number of hydrogen-bond acceptors (Lipinski definition) is 4. The Hall–Kier alpha value is -4.07. The molecule has 2 heterocycles. The molecule has 3 aromatic carbocycles. The Labute approximate surface area is 241 Å². The Bertz CT molecular complexity index is 1600. The number of aromatic amines is 1. The van der Waals surface area contributed by atoms with E-state index in [1.807, 2.05) is 30.3 Å². The predicted molar refractivity (Wildman–Crippen MR) is 158 cm³/mol. The summed E-state index contributed by atoms with van der Waals surface area (Å²) in [4.78, 5) is 43.9. The summed E-state index contributed by atoms with van der Waals surface area (Å²) in [5, 5.41) is 4.72. The molecule has 9 heteroatoms. The predicted octanol–water partition coefficient (Wildman–Crippen LogP) is 6.69. The van der Waals surface area contributed by atoms with Gasteiger partial charge in [-0.05, 0) is 73.0 Å². The molecule has 1 aliphatic rings. The number of rotatable bonds is 7. The van der Waals surface area contributed by atoms with Gasteiger partial charge in [0.1, 0.15) is 11.7 Å². The summed E-state index contributed by atoms with van der Waals surface area (Å²) in [7, 11) is 0. The third kappa shape index (κ3) is 5.91. The summed E-state index contributed by atoms with van der Waals surface area (Å²) in [6, 6.07) is 21.0. The first-order valence-electron chi connectivity index (χ1n) is 12.9. The lowest BCUT2D eigenvalue weighted by atomic mass is 9.91. The third-order valence-electron chi connectivity index (χ3n) is 6.92. The fourth-order valence-corrected chi connectivity index (χ4v) is 5.42. The number of amides is 2. The Morgan fingerprint density at radius 3 is 2.62 bits per heavy atom. The molecule has 40 heavy (non-hydrogen) atoms. The summed E-state index contributed by atoms with van der Waals surface area (Å²) < 4.78 is 5.07. The van der Waals surface area contributed by atoms with E-state index in [1.54, 1.807) is 60.4 Å². The van der Waals surface area contributed by atoms with Crippen molar-refractivity contribution in [1.82, 2.24) is 9.88 Å². The molecule has 1 fully saturated rings. The summed E-state index contributed by atoms with van der Waals surface area (Å²) >= 11 is 12.4. The van der Waals surface area contributed by atoms with Crippen LogP contribution < -0.4 is 5.32 Å². The van der Waals surface area contributed by atoms with Crippen molar-refractivity contribution in [3.63, 3.8) is 0 Å². The number of carbonyl (C=O) groups is 3. The van der Waals surface area contributed by atoms with Crippen LogP contribution in [0.5, 0.6) is 0 Å². The molecular formula is C31H27Cl2N3O4. The van der Waals surface area contributed by atoms with Crippen molar-refractivity contribution < 1.29 is 19.1 Å². The van der Waals surface area contributed by atoms with Gasteiger partial charge in [0.05, 0.1) is 6.61 Å². The number of esters is 1. The van der Waals surface area contributed by atoms with Crippen molar-refractivity contribution in [2.45, 2.75) is 25.3 Å². The number of aromatic nitrogens is 1. The molecule has 1 saturated heterocycles. The van der Waals surface area contributed by atoms with Gasteiger partial charge in [0.2, 0.25) is 11.8 Å². The molecule has 0 spiro atoms. The van der Waals surface area contributed by atoms with Crippen molar-refractivity contribution in [2.24, 2.45) is 0 Å². The van der Waals surface area contributed by atoms with Crippen LogP contribution >= 0.6 is 23.2 Å². The molecule has 0 unspecified atom stereocenters. The zero-order chi connectivity index (χ0) is 28.2. The lowest BCUT2D eigenvalue weighted by Crippen LogP contribution is -2.44. The van der Waals surface area contributed by atoms with Crippen LogP contribution in [-0.2, 0) is 14.3 Å². The van der Waals surface area contributed by atoms with Crippen molar-refractivity contribution >= 4 is 63.7 Å². The molecule has 4 aromatic rings. The Kier molecular flexibility index (Phi) is 8.24. The minimum atomic E-state index is -0.730. The van der Waals surface area contributed by atoms with Crippen molar-refractivity contribution in [3.8, 4) is 0 Å². The van der Waals surface area contributed by atoms with Crippen LogP contribution in [0, 0.1) is 0 Å². The number of hydrogen-bond donors (Lipinski definition) is 2. The maximum atomic E-state index is 13.8. The van der Waals surface area contributed by atoms with E-state index in [0.29, 0.717) is 40.0 Å². The second-order valence-electron chi connectivity index (χ2n) is 9.48. The lowest BCUT2D eigenvalue weighted by molar-refractivity contribution is -0.133. The molecule has 7 nitrogen and oxygen atoms in total. The van der Waals surface area contributed by atoms with Crippen molar-refractivity contribution in [2.75, 3.05) is 18.5 Å². The van der Waals surface area contributed by atoms with Gasteiger partial charge in [0.15, 0.2) is 0 Å². The van der Waals surface area contributed by atoms with E-state index in [4.69, 9.17) is 27.9 Å². The second kappa shape index (κ2) is 12.0. The number of halogens is 2. The van der Waals surface area contributed by atoms with Gasteiger partial charge in [-0.1, -0.05) is 53.5 Å². The molecule has 204 valence electrons. The Morgan fingerprint density at radius 1 is 1.05 bits per heavy atom. The number of H-pyrrole nitrogens is 1. The molecule has 0 saturated carbocycles. The number of anilines is 1. The van der Waals surface area contributed by atoms with E-state index in [1.165, 1.54) is 6.08 Å². The number of nitrogens with one attached hydrogen (secondary N) is 2. The van der Waals surface area contributed by atoms with Crippen molar-refractivity contribution in [3.05, 3.63) is 106 Å². The van der Waals surface area contributed by atoms with Crippen molar-refractivity contribution in [1.29, 1.82) is 0 Å². The summed E-state index contributed by atoms with van der Waals surface area (Å²) in [6.07, 6.45) is 3.68. The molecular weight excluding hydrogens is 549 g/mol. The lowest BCUT2D eigenvalue weighted by Gasteiger charge is -2.27. The molecule has 2 amide bonds. The molecule has 2 atom stereocenters.